The van der Waals surface area contributed by atoms with E-state index in [1.54, 1.807) is 29.2 Å². The molecule has 0 aliphatic rings. The van der Waals surface area contributed by atoms with Gasteiger partial charge in [-0.2, -0.15) is 0 Å². The topological polar surface area (TPSA) is 86.7 Å². The number of nitrogens with one attached hydrogen (secondary N) is 1. The molecule has 2 N–H and O–H groups in total. The second-order valence-corrected chi connectivity index (χ2v) is 5.52. The lowest BCUT2D eigenvalue weighted by Gasteiger charge is -2.18. The summed E-state index contributed by atoms with van der Waals surface area (Å²) in [5.74, 6) is -1.01. The van der Waals surface area contributed by atoms with Crippen molar-refractivity contribution in [3.05, 3.63) is 35.4 Å². The monoisotopic (exact) mass is 334 g/mol. The molecule has 1 aromatic carbocycles. The molecule has 132 valence electrons. The fourth-order valence-electron chi connectivity index (χ4n) is 2.34. The molecule has 0 aliphatic heterocycles. The standard InChI is InChI=1S/C18H26N2O4/c1-3-20(4-2)18(24)15-11-9-14(10-12-15)17(23)19-13-7-5-6-8-16(21)22/h9-12H,3-8,13H2,1-2H3,(H,19,23)(H,21,22). The molecule has 0 aliphatic carbocycles. The van der Waals surface area contributed by atoms with Crippen molar-refractivity contribution in [2.24, 2.45) is 0 Å². The van der Waals surface area contributed by atoms with E-state index in [0.717, 1.165) is 12.8 Å². The Morgan fingerprint density at radius 1 is 0.958 bits per heavy atom. The van der Waals surface area contributed by atoms with Crippen molar-refractivity contribution >= 4 is 17.8 Å². The van der Waals surface area contributed by atoms with Crippen molar-refractivity contribution in [3.8, 4) is 0 Å². The van der Waals surface area contributed by atoms with Crippen LogP contribution in [0.4, 0.5) is 0 Å². The van der Waals surface area contributed by atoms with Crippen LogP contribution in [0.5, 0.6) is 0 Å². The van der Waals surface area contributed by atoms with Gasteiger partial charge in [0.25, 0.3) is 11.8 Å². The molecule has 0 saturated heterocycles. The van der Waals surface area contributed by atoms with E-state index in [4.69, 9.17) is 5.11 Å². The Morgan fingerprint density at radius 3 is 2.08 bits per heavy atom. The largest absolute Gasteiger partial charge is 0.481 e. The van der Waals surface area contributed by atoms with Crippen LogP contribution in [0.1, 0.15) is 60.2 Å². The summed E-state index contributed by atoms with van der Waals surface area (Å²) in [6.45, 7) is 5.68. The number of carboxylic acid groups (broad SMARTS) is 1. The maximum Gasteiger partial charge on any atom is 0.303 e. The molecule has 1 aromatic rings. The van der Waals surface area contributed by atoms with Gasteiger partial charge >= 0.3 is 5.97 Å². The van der Waals surface area contributed by atoms with Gasteiger partial charge in [-0.3, -0.25) is 14.4 Å². The molecule has 0 saturated carbocycles. The molecule has 0 fully saturated rings. The third-order valence-corrected chi connectivity index (χ3v) is 3.80. The number of hydrogen-bond acceptors (Lipinski definition) is 3. The summed E-state index contributed by atoms with van der Waals surface area (Å²) in [6.07, 6.45) is 2.30. The summed E-state index contributed by atoms with van der Waals surface area (Å²) in [7, 11) is 0. The normalized spacial score (nSPS) is 10.2. The minimum atomic E-state index is -0.793. The van der Waals surface area contributed by atoms with E-state index < -0.39 is 5.97 Å². The summed E-state index contributed by atoms with van der Waals surface area (Å²) in [6, 6.07) is 6.64. The molecule has 0 bridgehead atoms. The molecular weight excluding hydrogens is 308 g/mol. The van der Waals surface area contributed by atoms with E-state index >= 15 is 0 Å². The molecular formula is C18H26N2O4. The van der Waals surface area contributed by atoms with Crippen molar-refractivity contribution in [1.82, 2.24) is 10.2 Å². The highest BCUT2D eigenvalue weighted by Crippen LogP contribution is 2.08. The number of carboxylic acids is 1. The van der Waals surface area contributed by atoms with Gasteiger partial charge in [0, 0.05) is 37.2 Å². The first-order chi connectivity index (χ1) is 11.5. The predicted octanol–water partition coefficient (Wildman–Crippen LogP) is 2.54. The number of benzene rings is 1. The second kappa shape index (κ2) is 10.4. The Kier molecular flexibility index (Phi) is 8.54. The van der Waals surface area contributed by atoms with Gasteiger partial charge in [-0.25, -0.2) is 0 Å². The van der Waals surface area contributed by atoms with Gasteiger partial charge in [0.1, 0.15) is 0 Å². The molecule has 6 heteroatoms. The summed E-state index contributed by atoms with van der Waals surface area (Å²) in [4.78, 5) is 36.3. The zero-order valence-electron chi connectivity index (χ0n) is 14.4. The lowest BCUT2D eigenvalue weighted by atomic mass is 10.1. The van der Waals surface area contributed by atoms with Crippen molar-refractivity contribution in [2.45, 2.75) is 39.5 Å². The van der Waals surface area contributed by atoms with Gasteiger partial charge in [-0.05, 0) is 51.0 Å². The Bertz CT molecular complexity index is 551. The molecule has 1 rings (SSSR count). The molecule has 24 heavy (non-hydrogen) atoms. The minimum absolute atomic E-state index is 0.0367. The average molecular weight is 334 g/mol. The third kappa shape index (κ3) is 6.40. The smallest absolute Gasteiger partial charge is 0.303 e. The molecule has 0 atom stereocenters. The number of nitrogens with zero attached hydrogens (tertiary/aromatic N) is 1. The Hall–Kier alpha value is -2.37. The van der Waals surface area contributed by atoms with Gasteiger partial charge in [0.05, 0.1) is 0 Å². The van der Waals surface area contributed by atoms with Crippen molar-refractivity contribution in [1.29, 1.82) is 0 Å². The molecule has 6 nitrogen and oxygen atoms in total. The summed E-state index contributed by atoms with van der Waals surface area (Å²) in [5, 5.41) is 11.3. The maximum absolute atomic E-state index is 12.2. The van der Waals surface area contributed by atoms with Gasteiger partial charge in [-0.1, -0.05) is 6.42 Å². The zero-order valence-corrected chi connectivity index (χ0v) is 14.4. The van der Waals surface area contributed by atoms with Gasteiger partial charge in [0.15, 0.2) is 0 Å². The quantitative estimate of drug-likeness (QED) is 0.644. The van der Waals surface area contributed by atoms with Crippen LogP contribution in [-0.4, -0.2) is 47.4 Å². The Morgan fingerprint density at radius 2 is 1.54 bits per heavy atom. The lowest BCUT2D eigenvalue weighted by molar-refractivity contribution is -0.137. The van der Waals surface area contributed by atoms with Crippen LogP contribution in [0.3, 0.4) is 0 Å². The Labute approximate surface area is 142 Å². The molecule has 0 unspecified atom stereocenters. The number of carbonyl (C=O) groups excluding carboxylic acids is 2. The van der Waals surface area contributed by atoms with E-state index in [-0.39, 0.29) is 18.2 Å². The van der Waals surface area contributed by atoms with Crippen molar-refractivity contribution in [2.75, 3.05) is 19.6 Å². The number of carbonyl (C=O) groups is 3. The van der Waals surface area contributed by atoms with Gasteiger partial charge in [-0.15, -0.1) is 0 Å². The van der Waals surface area contributed by atoms with Crippen LogP contribution < -0.4 is 5.32 Å². The minimum Gasteiger partial charge on any atom is -0.481 e. The number of aliphatic carboxylic acids is 1. The molecule has 0 spiro atoms. The molecule has 0 heterocycles. The first kappa shape index (κ1) is 19.7. The average Bonchev–Trinajstić information content (AvgIpc) is 2.58. The number of rotatable bonds is 10. The van der Waals surface area contributed by atoms with Crippen LogP contribution in [0.2, 0.25) is 0 Å². The fraction of sp³-hybridized carbons (Fsp3) is 0.500. The van der Waals surface area contributed by atoms with E-state index in [2.05, 4.69) is 5.32 Å². The number of hydrogen-bond donors (Lipinski definition) is 2. The van der Waals surface area contributed by atoms with Gasteiger partial charge < -0.3 is 15.3 Å². The number of unbranched alkanes of at least 4 members (excludes halogenated alkanes) is 2. The van der Waals surface area contributed by atoms with Crippen LogP contribution in [0.25, 0.3) is 0 Å². The highest BCUT2D eigenvalue weighted by atomic mass is 16.4. The summed E-state index contributed by atoms with van der Waals surface area (Å²) in [5.41, 5.74) is 1.08. The van der Waals surface area contributed by atoms with Crippen LogP contribution in [0, 0.1) is 0 Å². The van der Waals surface area contributed by atoms with Crippen LogP contribution in [-0.2, 0) is 4.79 Å². The van der Waals surface area contributed by atoms with Crippen molar-refractivity contribution in [3.63, 3.8) is 0 Å². The van der Waals surface area contributed by atoms with Crippen LogP contribution in [0.15, 0.2) is 24.3 Å². The first-order valence-electron chi connectivity index (χ1n) is 8.38. The zero-order chi connectivity index (χ0) is 17.9. The van der Waals surface area contributed by atoms with Crippen LogP contribution >= 0.6 is 0 Å². The first-order valence-corrected chi connectivity index (χ1v) is 8.38. The second-order valence-electron chi connectivity index (χ2n) is 5.52. The van der Waals surface area contributed by atoms with Gasteiger partial charge in [0.2, 0.25) is 0 Å². The van der Waals surface area contributed by atoms with E-state index in [9.17, 15) is 14.4 Å². The predicted molar refractivity (Wildman–Crippen MR) is 92.1 cm³/mol. The highest BCUT2D eigenvalue weighted by Gasteiger charge is 2.13. The Balaban J connectivity index is 2.43. The van der Waals surface area contributed by atoms with E-state index in [1.807, 2.05) is 13.8 Å². The van der Waals surface area contributed by atoms with E-state index in [1.165, 1.54) is 0 Å². The fourth-order valence-corrected chi connectivity index (χ4v) is 2.34. The summed E-state index contributed by atoms with van der Waals surface area (Å²) >= 11 is 0. The summed E-state index contributed by atoms with van der Waals surface area (Å²) < 4.78 is 0. The van der Waals surface area contributed by atoms with Crippen molar-refractivity contribution < 1.29 is 19.5 Å². The SMILES string of the molecule is CCN(CC)C(=O)c1ccc(C(=O)NCCCCCC(=O)O)cc1. The third-order valence-electron chi connectivity index (χ3n) is 3.80. The molecule has 0 aromatic heterocycles. The molecule has 0 radical (unpaired) electrons. The maximum atomic E-state index is 12.2. The van der Waals surface area contributed by atoms with E-state index in [0.29, 0.717) is 37.2 Å². The lowest BCUT2D eigenvalue weighted by Crippen LogP contribution is -2.30. The highest BCUT2D eigenvalue weighted by molar-refractivity contribution is 5.97. The molecule has 2 amide bonds. The number of amides is 2.